The van der Waals surface area contributed by atoms with E-state index in [1.165, 1.54) is 43.5 Å². The third kappa shape index (κ3) is 2.68. The highest BCUT2D eigenvalue weighted by atomic mass is 19.4. The summed E-state index contributed by atoms with van der Waals surface area (Å²) in [5, 5.41) is 0. The molecule has 0 radical (unpaired) electrons. The van der Waals surface area contributed by atoms with Crippen LogP contribution in [0.1, 0.15) is 49.7 Å². The molecule has 1 aliphatic rings. The molecule has 1 atom stereocenters. The smallest absolute Gasteiger partial charge is 0.416 e. The normalized spacial score (nSPS) is 16.8. The van der Waals surface area contributed by atoms with E-state index in [0.29, 0.717) is 11.1 Å². The number of methoxy groups -OCH3 is 1. The molecule has 2 aromatic carbocycles. The highest BCUT2D eigenvalue weighted by Gasteiger charge is 2.39. The summed E-state index contributed by atoms with van der Waals surface area (Å²) in [5.41, 5.74) is 0.267. The molecule has 0 N–H and O–H groups in total. The molecule has 0 saturated carbocycles. The predicted octanol–water partition coefficient (Wildman–Crippen LogP) is 4.21. The van der Waals surface area contributed by atoms with Gasteiger partial charge in [-0.2, -0.15) is 13.2 Å². The second-order valence-electron chi connectivity index (χ2n) is 5.56. The van der Waals surface area contributed by atoms with Crippen molar-refractivity contribution in [2.75, 3.05) is 7.11 Å². The van der Waals surface area contributed by atoms with E-state index in [9.17, 15) is 22.8 Å². The number of Topliss-reactive ketones (excluding diaryl/α,β-unsaturated/α-hetero) is 1. The van der Waals surface area contributed by atoms with Gasteiger partial charge in [0.15, 0.2) is 5.78 Å². The van der Waals surface area contributed by atoms with Crippen LogP contribution in [0, 0.1) is 0 Å². The fourth-order valence-electron chi connectivity index (χ4n) is 3.09. The zero-order valence-electron chi connectivity index (χ0n) is 12.7. The van der Waals surface area contributed by atoms with Crippen molar-refractivity contribution in [2.24, 2.45) is 0 Å². The lowest BCUT2D eigenvalue weighted by atomic mass is 9.88. The average Bonchev–Trinajstić information content (AvgIpc) is 2.89. The number of esters is 1. The number of fused-ring (bicyclic) bond motifs is 1. The molecule has 0 aliphatic heterocycles. The predicted molar refractivity (Wildman–Crippen MR) is 80.0 cm³/mol. The minimum atomic E-state index is -4.51. The van der Waals surface area contributed by atoms with Gasteiger partial charge in [0.05, 0.1) is 18.2 Å². The van der Waals surface area contributed by atoms with Crippen LogP contribution >= 0.6 is 0 Å². The Morgan fingerprint density at radius 3 is 2.50 bits per heavy atom. The number of ketones is 1. The van der Waals surface area contributed by atoms with Crippen molar-refractivity contribution >= 4 is 11.8 Å². The van der Waals surface area contributed by atoms with Gasteiger partial charge in [0.25, 0.3) is 0 Å². The summed E-state index contributed by atoms with van der Waals surface area (Å²) in [7, 11) is 1.22. The van der Waals surface area contributed by atoms with Crippen LogP contribution < -0.4 is 0 Å². The van der Waals surface area contributed by atoms with Crippen molar-refractivity contribution in [3.63, 3.8) is 0 Å². The lowest BCUT2D eigenvalue weighted by molar-refractivity contribution is -0.138. The fourth-order valence-corrected chi connectivity index (χ4v) is 3.09. The summed E-state index contributed by atoms with van der Waals surface area (Å²) in [5.74, 6) is -1.56. The number of benzene rings is 2. The van der Waals surface area contributed by atoms with E-state index in [4.69, 9.17) is 0 Å². The van der Waals surface area contributed by atoms with Gasteiger partial charge in [-0.1, -0.05) is 24.3 Å². The Bertz CT molecular complexity index is 824. The van der Waals surface area contributed by atoms with Gasteiger partial charge in [0.2, 0.25) is 0 Å². The van der Waals surface area contributed by atoms with Gasteiger partial charge in [-0.15, -0.1) is 0 Å². The Morgan fingerprint density at radius 2 is 1.83 bits per heavy atom. The van der Waals surface area contributed by atoms with Gasteiger partial charge < -0.3 is 4.74 Å². The number of hydrogen-bond donors (Lipinski definition) is 0. The van der Waals surface area contributed by atoms with Crippen LogP contribution in [0.5, 0.6) is 0 Å². The molecule has 1 unspecified atom stereocenters. The standard InChI is InChI=1S/C18H13F3O3/c1-24-17(23)10-6-7-12-13(8-10)14(9-16(12)22)11-4-2-3-5-15(11)18(19,20)21/h2-8,14H,9H2,1H3. The number of hydrogen-bond acceptors (Lipinski definition) is 3. The van der Waals surface area contributed by atoms with Crippen LogP contribution in [0.25, 0.3) is 0 Å². The van der Waals surface area contributed by atoms with Gasteiger partial charge in [-0.05, 0) is 29.3 Å². The van der Waals surface area contributed by atoms with Crippen LogP contribution in [0.3, 0.4) is 0 Å². The van der Waals surface area contributed by atoms with E-state index in [0.717, 1.165) is 6.07 Å². The van der Waals surface area contributed by atoms with Crippen molar-refractivity contribution in [2.45, 2.75) is 18.5 Å². The lowest BCUT2D eigenvalue weighted by Crippen LogP contribution is -2.12. The summed E-state index contributed by atoms with van der Waals surface area (Å²) in [6, 6.07) is 9.57. The molecule has 1 aliphatic carbocycles. The lowest BCUT2D eigenvalue weighted by Gasteiger charge is -2.18. The van der Waals surface area contributed by atoms with Crippen LogP contribution in [-0.4, -0.2) is 18.9 Å². The molecule has 6 heteroatoms. The van der Waals surface area contributed by atoms with Crippen LogP contribution in [0.4, 0.5) is 13.2 Å². The minimum absolute atomic E-state index is 0.0408. The van der Waals surface area contributed by atoms with Crippen LogP contribution in [0.15, 0.2) is 42.5 Å². The van der Waals surface area contributed by atoms with E-state index < -0.39 is 23.6 Å². The molecule has 0 aromatic heterocycles. The maximum absolute atomic E-state index is 13.3. The third-order valence-corrected chi connectivity index (χ3v) is 4.18. The van der Waals surface area contributed by atoms with Gasteiger partial charge in [-0.3, -0.25) is 4.79 Å². The maximum Gasteiger partial charge on any atom is 0.416 e. The first-order valence-electron chi connectivity index (χ1n) is 7.24. The number of carbonyl (C=O) groups excluding carboxylic acids is 2. The molecule has 0 heterocycles. The van der Waals surface area contributed by atoms with E-state index in [1.54, 1.807) is 0 Å². The van der Waals surface area contributed by atoms with Gasteiger partial charge >= 0.3 is 12.1 Å². The fraction of sp³-hybridized carbons (Fsp3) is 0.222. The van der Waals surface area contributed by atoms with Gasteiger partial charge in [-0.25, -0.2) is 4.79 Å². The first kappa shape index (κ1) is 16.2. The topological polar surface area (TPSA) is 43.4 Å². The quantitative estimate of drug-likeness (QED) is 0.773. The largest absolute Gasteiger partial charge is 0.465 e. The van der Waals surface area contributed by atoms with Gasteiger partial charge in [0, 0.05) is 17.9 Å². The maximum atomic E-state index is 13.3. The minimum Gasteiger partial charge on any atom is -0.465 e. The molecular formula is C18H13F3O3. The first-order valence-corrected chi connectivity index (χ1v) is 7.24. The zero-order valence-corrected chi connectivity index (χ0v) is 12.7. The van der Waals surface area contributed by atoms with E-state index in [-0.39, 0.29) is 23.3 Å². The Hall–Kier alpha value is -2.63. The van der Waals surface area contributed by atoms with E-state index >= 15 is 0 Å². The summed E-state index contributed by atoms with van der Waals surface area (Å²) in [6.45, 7) is 0. The molecule has 2 aromatic rings. The Morgan fingerprint density at radius 1 is 1.12 bits per heavy atom. The van der Waals surface area contributed by atoms with Crippen molar-refractivity contribution < 1.29 is 27.5 Å². The average molecular weight is 334 g/mol. The Balaban J connectivity index is 2.15. The van der Waals surface area contributed by atoms with Crippen molar-refractivity contribution in [1.29, 1.82) is 0 Å². The SMILES string of the molecule is COC(=O)c1ccc2c(c1)C(c1ccccc1C(F)(F)F)CC2=O. The molecule has 0 spiro atoms. The second-order valence-corrected chi connectivity index (χ2v) is 5.56. The number of ether oxygens (including phenoxy) is 1. The monoisotopic (exact) mass is 334 g/mol. The highest BCUT2D eigenvalue weighted by molar-refractivity contribution is 6.03. The number of carbonyl (C=O) groups is 2. The third-order valence-electron chi connectivity index (χ3n) is 4.18. The van der Waals surface area contributed by atoms with Crippen molar-refractivity contribution in [1.82, 2.24) is 0 Å². The molecule has 0 amide bonds. The molecule has 124 valence electrons. The molecule has 3 nitrogen and oxygen atoms in total. The second kappa shape index (κ2) is 5.78. The molecule has 24 heavy (non-hydrogen) atoms. The van der Waals surface area contributed by atoms with Crippen LogP contribution in [0.2, 0.25) is 0 Å². The summed E-state index contributed by atoms with van der Waals surface area (Å²) >= 11 is 0. The Kier molecular flexibility index (Phi) is 3.91. The van der Waals surface area contributed by atoms with Crippen molar-refractivity contribution in [3.05, 3.63) is 70.3 Å². The summed E-state index contributed by atoms with van der Waals surface area (Å²) in [6.07, 6.45) is -4.56. The zero-order chi connectivity index (χ0) is 17.5. The van der Waals surface area contributed by atoms with Crippen molar-refractivity contribution in [3.8, 4) is 0 Å². The molecular weight excluding hydrogens is 321 g/mol. The first-order chi connectivity index (χ1) is 11.3. The van der Waals surface area contributed by atoms with Crippen LogP contribution in [-0.2, 0) is 10.9 Å². The Labute approximate surface area is 136 Å². The molecule has 0 fully saturated rings. The number of halogens is 3. The summed E-state index contributed by atoms with van der Waals surface area (Å²) < 4.78 is 44.5. The van der Waals surface area contributed by atoms with Gasteiger partial charge in [0.1, 0.15) is 0 Å². The molecule has 0 saturated heterocycles. The van der Waals surface area contributed by atoms with E-state index in [2.05, 4.69) is 4.74 Å². The number of alkyl halides is 3. The molecule has 3 rings (SSSR count). The molecule has 0 bridgehead atoms. The van der Waals surface area contributed by atoms with E-state index in [1.807, 2.05) is 0 Å². The summed E-state index contributed by atoms with van der Waals surface area (Å²) in [4.78, 5) is 23.8. The number of rotatable bonds is 2. The highest BCUT2D eigenvalue weighted by Crippen LogP contribution is 2.43.